The minimum Gasteiger partial charge on any atom is -0.477 e. The zero-order valence-electron chi connectivity index (χ0n) is 9.68. The standard InChI is InChI=1S/C11H16N2O3S/c1-2-6-7-5-8(17-4-3-12)9(11(15)16)13(7)10(6)14/h6-7H,2-5,12H2,1H3,(H,15,16)/t6-,7+/m0/s1. The van der Waals surface area contributed by atoms with Crippen molar-refractivity contribution in [2.24, 2.45) is 11.7 Å². The van der Waals surface area contributed by atoms with Crippen LogP contribution in [0.2, 0.25) is 0 Å². The van der Waals surface area contributed by atoms with Crippen molar-refractivity contribution >= 4 is 23.6 Å². The lowest BCUT2D eigenvalue weighted by Gasteiger charge is -2.42. The molecule has 1 saturated heterocycles. The highest BCUT2D eigenvalue weighted by molar-refractivity contribution is 8.03. The van der Waals surface area contributed by atoms with Gasteiger partial charge in [-0.2, -0.15) is 0 Å². The summed E-state index contributed by atoms with van der Waals surface area (Å²) in [6, 6.07) is 0.0684. The van der Waals surface area contributed by atoms with Crippen LogP contribution in [0.1, 0.15) is 19.8 Å². The summed E-state index contributed by atoms with van der Waals surface area (Å²) in [5.74, 6) is -0.356. The van der Waals surface area contributed by atoms with Crippen molar-refractivity contribution in [3.05, 3.63) is 10.6 Å². The van der Waals surface area contributed by atoms with E-state index in [-0.39, 0.29) is 23.6 Å². The molecule has 17 heavy (non-hydrogen) atoms. The fraction of sp³-hybridized carbons (Fsp3) is 0.636. The first-order valence-electron chi connectivity index (χ1n) is 5.74. The van der Waals surface area contributed by atoms with Gasteiger partial charge in [0.15, 0.2) is 0 Å². The van der Waals surface area contributed by atoms with E-state index < -0.39 is 5.97 Å². The lowest BCUT2D eigenvalue weighted by atomic mass is 9.85. The molecule has 0 aromatic rings. The number of thioether (sulfide) groups is 1. The van der Waals surface area contributed by atoms with Crippen LogP contribution in [0.5, 0.6) is 0 Å². The topological polar surface area (TPSA) is 83.6 Å². The molecule has 0 saturated carbocycles. The van der Waals surface area contributed by atoms with Gasteiger partial charge < -0.3 is 15.7 Å². The van der Waals surface area contributed by atoms with Gasteiger partial charge >= 0.3 is 5.97 Å². The number of β-lactam (4-membered cyclic amide) rings is 1. The van der Waals surface area contributed by atoms with Crippen LogP contribution in [0.4, 0.5) is 0 Å². The SMILES string of the molecule is CC[C@@H]1C(=O)N2C(C(=O)O)=C(SCCN)C[C@H]12. The van der Waals surface area contributed by atoms with Gasteiger partial charge in [-0.05, 0) is 6.42 Å². The van der Waals surface area contributed by atoms with Gasteiger partial charge in [0.05, 0.1) is 12.0 Å². The summed E-state index contributed by atoms with van der Waals surface area (Å²) < 4.78 is 0. The highest BCUT2D eigenvalue weighted by atomic mass is 32.2. The molecular formula is C11H16N2O3S. The number of carbonyl (C=O) groups is 2. The number of amides is 1. The molecule has 0 aliphatic carbocycles. The highest BCUT2D eigenvalue weighted by Crippen LogP contribution is 2.46. The van der Waals surface area contributed by atoms with Crippen LogP contribution >= 0.6 is 11.8 Å². The van der Waals surface area contributed by atoms with Crippen LogP contribution in [0, 0.1) is 5.92 Å². The van der Waals surface area contributed by atoms with Crippen LogP contribution in [-0.2, 0) is 9.59 Å². The number of carboxylic acids is 1. The molecule has 2 aliphatic rings. The van der Waals surface area contributed by atoms with E-state index in [4.69, 9.17) is 5.73 Å². The molecule has 2 rings (SSSR count). The van der Waals surface area contributed by atoms with Crippen molar-refractivity contribution in [1.82, 2.24) is 4.90 Å². The summed E-state index contributed by atoms with van der Waals surface area (Å²) in [6.45, 7) is 2.47. The number of rotatable bonds is 5. The number of carboxylic acid groups (broad SMARTS) is 1. The quantitative estimate of drug-likeness (QED) is 0.704. The van der Waals surface area contributed by atoms with E-state index in [9.17, 15) is 14.7 Å². The largest absolute Gasteiger partial charge is 0.477 e. The summed E-state index contributed by atoms with van der Waals surface area (Å²) in [6.07, 6.45) is 1.46. The fourth-order valence-electron chi connectivity index (χ4n) is 2.51. The molecule has 0 radical (unpaired) electrons. The summed E-state index contributed by atoms with van der Waals surface area (Å²) in [7, 11) is 0. The Balaban J connectivity index is 2.20. The van der Waals surface area contributed by atoms with Gasteiger partial charge in [0.1, 0.15) is 5.70 Å². The summed E-state index contributed by atoms with van der Waals surface area (Å²) >= 11 is 1.46. The van der Waals surface area contributed by atoms with E-state index in [1.54, 1.807) is 0 Å². The van der Waals surface area contributed by atoms with Crippen molar-refractivity contribution in [3.63, 3.8) is 0 Å². The average molecular weight is 256 g/mol. The third-order valence-electron chi connectivity index (χ3n) is 3.29. The molecule has 2 atom stereocenters. The number of carbonyl (C=O) groups excluding carboxylic acids is 1. The first-order chi connectivity index (χ1) is 8.11. The second kappa shape index (κ2) is 4.70. The Hall–Kier alpha value is -1.01. The third kappa shape index (κ3) is 1.85. The summed E-state index contributed by atoms with van der Waals surface area (Å²) in [5.41, 5.74) is 5.61. The lowest BCUT2D eigenvalue weighted by molar-refractivity contribution is -0.155. The Morgan fingerprint density at radius 2 is 2.35 bits per heavy atom. The van der Waals surface area contributed by atoms with Crippen LogP contribution in [0.15, 0.2) is 10.6 Å². The Bertz CT molecular complexity index is 394. The van der Waals surface area contributed by atoms with Gasteiger partial charge in [-0.1, -0.05) is 6.92 Å². The first-order valence-corrected chi connectivity index (χ1v) is 6.72. The molecule has 0 bridgehead atoms. The molecule has 6 heteroatoms. The number of hydrogen-bond acceptors (Lipinski definition) is 4. The third-order valence-corrected chi connectivity index (χ3v) is 4.44. The fourth-order valence-corrected chi connectivity index (χ4v) is 3.49. The molecule has 94 valence electrons. The number of hydrogen-bond donors (Lipinski definition) is 2. The Morgan fingerprint density at radius 3 is 2.88 bits per heavy atom. The molecule has 3 N–H and O–H groups in total. The van der Waals surface area contributed by atoms with Crippen LogP contribution < -0.4 is 5.73 Å². The number of nitrogens with zero attached hydrogens (tertiary/aromatic N) is 1. The maximum Gasteiger partial charge on any atom is 0.353 e. The van der Waals surface area contributed by atoms with Crippen LogP contribution in [0.3, 0.4) is 0 Å². The minimum absolute atomic E-state index is 0.000302. The van der Waals surface area contributed by atoms with Gasteiger partial charge in [0, 0.05) is 23.6 Å². The lowest BCUT2D eigenvalue weighted by Crippen LogP contribution is -2.58. The predicted molar refractivity (Wildman–Crippen MR) is 65.2 cm³/mol. The Labute approximate surface area is 104 Å². The molecule has 0 spiro atoms. The number of aliphatic carboxylic acids is 1. The molecule has 2 aliphatic heterocycles. The maximum atomic E-state index is 11.8. The van der Waals surface area contributed by atoms with E-state index in [2.05, 4.69) is 0 Å². The van der Waals surface area contributed by atoms with E-state index in [1.165, 1.54) is 16.7 Å². The molecular weight excluding hydrogens is 240 g/mol. The maximum absolute atomic E-state index is 11.8. The molecule has 0 unspecified atom stereocenters. The smallest absolute Gasteiger partial charge is 0.353 e. The second-order valence-corrected chi connectivity index (χ2v) is 5.40. The van der Waals surface area contributed by atoms with Gasteiger partial charge in [0.25, 0.3) is 0 Å². The molecule has 1 fully saturated rings. The summed E-state index contributed by atoms with van der Waals surface area (Å²) in [4.78, 5) is 25.3. The van der Waals surface area contributed by atoms with Crippen LogP contribution in [0.25, 0.3) is 0 Å². The van der Waals surface area contributed by atoms with Crippen LogP contribution in [-0.4, -0.2) is 40.2 Å². The number of nitrogens with two attached hydrogens (primary N) is 1. The van der Waals surface area contributed by atoms with Gasteiger partial charge in [-0.25, -0.2) is 4.79 Å². The highest BCUT2D eigenvalue weighted by Gasteiger charge is 2.54. The molecule has 0 aromatic carbocycles. The number of fused-ring (bicyclic) bond motifs is 1. The van der Waals surface area contributed by atoms with Crippen molar-refractivity contribution in [3.8, 4) is 0 Å². The van der Waals surface area contributed by atoms with E-state index in [0.29, 0.717) is 18.7 Å². The van der Waals surface area contributed by atoms with Gasteiger partial charge in [-0.15, -0.1) is 11.8 Å². The molecule has 0 aromatic heterocycles. The second-order valence-electron chi connectivity index (χ2n) is 4.21. The van der Waals surface area contributed by atoms with E-state index in [0.717, 1.165) is 11.3 Å². The van der Waals surface area contributed by atoms with Crippen molar-refractivity contribution in [2.75, 3.05) is 12.3 Å². The Kier molecular flexibility index (Phi) is 3.44. The monoisotopic (exact) mass is 256 g/mol. The molecule has 2 heterocycles. The van der Waals surface area contributed by atoms with E-state index in [1.807, 2.05) is 6.92 Å². The average Bonchev–Trinajstić information content (AvgIpc) is 2.62. The predicted octanol–water partition coefficient (Wildman–Crippen LogP) is 0.615. The van der Waals surface area contributed by atoms with Gasteiger partial charge in [-0.3, -0.25) is 4.79 Å². The first kappa shape index (κ1) is 12.4. The van der Waals surface area contributed by atoms with Crippen molar-refractivity contribution in [2.45, 2.75) is 25.8 Å². The van der Waals surface area contributed by atoms with Crippen molar-refractivity contribution < 1.29 is 14.7 Å². The zero-order valence-corrected chi connectivity index (χ0v) is 10.5. The normalized spacial score (nSPS) is 27.2. The molecule has 5 nitrogen and oxygen atoms in total. The van der Waals surface area contributed by atoms with Crippen molar-refractivity contribution in [1.29, 1.82) is 0 Å². The summed E-state index contributed by atoms with van der Waals surface area (Å²) in [5, 5.41) is 9.19. The minimum atomic E-state index is -1.00. The van der Waals surface area contributed by atoms with E-state index >= 15 is 0 Å². The molecule has 1 amide bonds. The Morgan fingerprint density at radius 1 is 1.65 bits per heavy atom. The zero-order chi connectivity index (χ0) is 12.6. The van der Waals surface area contributed by atoms with Gasteiger partial charge in [0.2, 0.25) is 5.91 Å².